The van der Waals surface area contributed by atoms with Gasteiger partial charge in [0.15, 0.2) is 0 Å². The van der Waals surface area contributed by atoms with Crippen molar-refractivity contribution in [3.8, 4) is 5.75 Å². The van der Waals surface area contributed by atoms with Crippen LogP contribution in [0.2, 0.25) is 0 Å². The second-order valence-electron chi connectivity index (χ2n) is 4.44. The van der Waals surface area contributed by atoms with E-state index in [9.17, 15) is 4.79 Å². The van der Waals surface area contributed by atoms with Crippen molar-refractivity contribution in [1.29, 1.82) is 0 Å². The van der Waals surface area contributed by atoms with Crippen molar-refractivity contribution < 1.29 is 9.53 Å². The van der Waals surface area contributed by atoms with Crippen LogP contribution in [0.1, 0.15) is 10.4 Å². The van der Waals surface area contributed by atoms with E-state index in [2.05, 4.69) is 23.8 Å². The molecule has 0 unspecified atom stereocenters. The molecule has 4 nitrogen and oxygen atoms in total. The van der Waals surface area contributed by atoms with Crippen LogP contribution >= 0.6 is 0 Å². The molecule has 108 valence electrons. The first-order chi connectivity index (χ1) is 10.2. The Morgan fingerprint density at radius 3 is 2.81 bits per heavy atom. The minimum atomic E-state index is -0.311. The Kier molecular flexibility index (Phi) is 4.61. The Bertz CT molecular complexity index is 630. The lowest BCUT2D eigenvalue weighted by atomic mass is 10.1. The number of fused-ring (bicyclic) bond motifs is 1. The zero-order valence-corrected chi connectivity index (χ0v) is 11.9. The van der Waals surface area contributed by atoms with Crippen molar-refractivity contribution in [2.24, 2.45) is 0 Å². The van der Waals surface area contributed by atoms with Gasteiger partial charge in [0.2, 0.25) is 0 Å². The van der Waals surface area contributed by atoms with E-state index in [0.717, 1.165) is 5.57 Å². The van der Waals surface area contributed by atoms with Crippen molar-refractivity contribution in [1.82, 2.24) is 5.32 Å². The van der Waals surface area contributed by atoms with Crippen molar-refractivity contribution in [2.75, 3.05) is 12.4 Å². The van der Waals surface area contributed by atoms with Crippen LogP contribution in [0.25, 0.3) is 0 Å². The largest absolute Gasteiger partial charge is 0.495 e. The van der Waals surface area contributed by atoms with Crippen LogP contribution in [0.5, 0.6) is 5.75 Å². The van der Waals surface area contributed by atoms with E-state index in [1.54, 1.807) is 31.4 Å². The number of anilines is 1. The van der Waals surface area contributed by atoms with E-state index in [0.29, 0.717) is 17.0 Å². The first-order valence-corrected chi connectivity index (χ1v) is 6.57. The fourth-order valence-electron chi connectivity index (χ4n) is 2.08. The number of hydrogen-bond acceptors (Lipinski definition) is 3. The monoisotopic (exact) mass is 282 g/mol. The predicted octanol–water partition coefficient (Wildman–Crippen LogP) is 3.03. The van der Waals surface area contributed by atoms with Gasteiger partial charge in [0, 0.05) is 0 Å². The lowest BCUT2D eigenvalue weighted by Crippen LogP contribution is -2.43. The second kappa shape index (κ2) is 6.61. The summed E-state index contributed by atoms with van der Waals surface area (Å²) in [4.78, 5) is 12.1. The molecule has 0 bridgehead atoms. The van der Waals surface area contributed by atoms with Gasteiger partial charge < -0.3 is 15.4 Å². The van der Waals surface area contributed by atoms with Gasteiger partial charge in [-0.1, -0.05) is 43.5 Å². The minimum Gasteiger partial charge on any atom is -0.495 e. The number of methoxy groups -OCH3 is 1. The summed E-state index contributed by atoms with van der Waals surface area (Å²) in [6.07, 6.45) is 8.65. The van der Waals surface area contributed by atoms with E-state index in [1.165, 1.54) is 0 Å². The number of ether oxygens (including phenoxy) is 1. The number of nitrogens with one attached hydrogen (secondary N) is 2. The summed E-state index contributed by atoms with van der Waals surface area (Å²) < 4.78 is 5.29. The molecule has 21 heavy (non-hydrogen) atoms. The molecule has 1 atom stereocenters. The highest BCUT2D eigenvalue weighted by Crippen LogP contribution is 2.31. The Morgan fingerprint density at radius 2 is 2.14 bits per heavy atom. The van der Waals surface area contributed by atoms with Crippen LogP contribution in [-0.4, -0.2) is 19.2 Å². The van der Waals surface area contributed by atoms with E-state index in [4.69, 9.17) is 4.74 Å². The van der Waals surface area contributed by atoms with Crippen molar-refractivity contribution in [3.05, 3.63) is 72.9 Å². The lowest BCUT2D eigenvalue weighted by Gasteiger charge is -2.27. The normalized spacial score (nSPS) is 17.7. The Balaban J connectivity index is 2.25. The molecule has 0 saturated heterocycles. The number of allylic oxidation sites excluding steroid dienone is 5. The van der Waals surface area contributed by atoms with Gasteiger partial charge in [0.05, 0.1) is 18.4 Å². The van der Waals surface area contributed by atoms with Crippen molar-refractivity contribution in [2.45, 2.75) is 6.17 Å². The maximum Gasteiger partial charge on any atom is 0.255 e. The highest BCUT2D eigenvalue weighted by molar-refractivity contribution is 6.03. The number of benzene rings is 1. The summed E-state index contributed by atoms with van der Waals surface area (Å²) in [5, 5.41) is 6.10. The smallest absolute Gasteiger partial charge is 0.255 e. The van der Waals surface area contributed by atoms with Crippen LogP contribution in [0.4, 0.5) is 5.69 Å². The van der Waals surface area contributed by atoms with Gasteiger partial charge >= 0.3 is 0 Å². The van der Waals surface area contributed by atoms with Gasteiger partial charge in [-0.05, 0) is 23.8 Å². The topological polar surface area (TPSA) is 50.4 Å². The fourth-order valence-corrected chi connectivity index (χ4v) is 2.08. The molecule has 2 rings (SSSR count). The number of para-hydroxylation sites is 1. The zero-order chi connectivity index (χ0) is 15.2. The number of rotatable bonds is 5. The maximum absolute atomic E-state index is 12.1. The average molecular weight is 282 g/mol. The van der Waals surface area contributed by atoms with Crippen molar-refractivity contribution >= 4 is 11.6 Å². The third-order valence-corrected chi connectivity index (χ3v) is 3.10. The quantitative estimate of drug-likeness (QED) is 0.816. The predicted molar refractivity (Wildman–Crippen MR) is 85.5 cm³/mol. The van der Waals surface area contributed by atoms with E-state index in [-0.39, 0.29) is 12.1 Å². The molecule has 1 amide bonds. The fraction of sp³-hybridized carbons (Fsp3) is 0.118. The van der Waals surface area contributed by atoms with Gasteiger partial charge in [-0.3, -0.25) is 4.79 Å². The average Bonchev–Trinajstić information content (AvgIpc) is 2.51. The summed E-state index contributed by atoms with van der Waals surface area (Å²) in [6, 6.07) is 5.36. The number of carbonyl (C=O) groups excluding carboxylic acids is 1. The Labute approximate surface area is 124 Å². The Hall–Kier alpha value is -2.75. The van der Waals surface area contributed by atoms with Crippen LogP contribution < -0.4 is 15.4 Å². The number of amides is 1. The number of carbonyl (C=O) groups is 1. The maximum atomic E-state index is 12.1. The molecule has 1 aliphatic heterocycles. The molecular weight excluding hydrogens is 264 g/mol. The van der Waals surface area contributed by atoms with Gasteiger partial charge in [0.25, 0.3) is 5.91 Å². The third kappa shape index (κ3) is 3.23. The summed E-state index contributed by atoms with van der Waals surface area (Å²) in [5.41, 5.74) is 2.18. The second-order valence-corrected chi connectivity index (χ2v) is 4.44. The molecule has 1 aromatic rings. The minimum absolute atomic E-state index is 0.134. The summed E-state index contributed by atoms with van der Waals surface area (Å²) >= 11 is 0. The zero-order valence-electron chi connectivity index (χ0n) is 11.9. The first-order valence-electron chi connectivity index (χ1n) is 6.57. The van der Waals surface area contributed by atoms with E-state index >= 15 is 0 Å². The molecular formula is C17H18N2O2. The highest BCUT2D eigenvalue weighted by Gasteiger charge is 2.24. The molecule has 0 saturated carbocycles. The van der Waals surface area contributed by atoms with Gasteiger partial charge in [-0.2, -0.15) is 0 Å². The molecule has 1 aromatic carbocycles. The summed E-state index contributed by atoms with van der Waals surface area (Å²) in [6.45, 7) is 7.37. The first kappa shape index (κ1) is 14.7. The molecule has 0 aliphatic carbocycles. The summed E-state index contributed by atoms with van der Waals surface area (Å²) in [7, 11) is 1.58. The highest BCUT2D eigenvalue weighted by atomic mass is 16.5. The van der Waals surface area contributed by atoms with Crippen LogP contribution in [-0.2, 0) is 0 Å². The molecule has 4 heteroatoms. The third-order valence-electron chi connectivity index (χ3n) is 3.10. The SMILES string of the molecule is C=C/C=C(C=C)/C=C/[C@H]1NC(=O)c2cccc(OC)c2N1. The molecule has 2 N–H and O–H groups in total. The standard InChI is InChI=1S/C17H18N2O2/c1-4-7-12(5-2)10-11-15-18-16-13(17(20)19-15)8-6-9-14(16)21-3/h4-11,15,18H,1-2H2,3H3,(H,19,20)/b11-10+,12-7+/t15-/m1/s1. The molecule has 0 radical (unpaired) electrons. The molecule has 1 heterocycles. The lowest BCUT2D eigenvalue weighted by molar-refractivity contribution is 0.0942. The van der Waals surface area contributed by atoms with E-state index in [1.807, 2.05) is 24.3 Å². The molecule has 0 spiro atoms. The van der Waals surface area contributed by atoms with Crippen LogP contribution in [0, 0.1) is 0 Å². The summed E-state index contributed by atoms with van der Waals surface area (Å²) in [5.74, 6) is 0.511. The molecule has 0 fully saturated rings. The van der Waals surface area contributed by atoms with E-state index < -0.39 is 0 Å². The number of hydrogen-bond donors (Lipinski definition) is 2. The van der Waals surface area contributed by atoms with Crippen LogP contribution in [0.3, 0.4) is 0 Å². The van der Waals surface area contributed by atoms with Gasteiger partial charge in [-0.25, -0.2) is 0 Å². The Morgan fingerprint density at radius 1 is 1.33 bits per heavy atom. The molecule has 0 aromatic heterocycles. The van der Waals surface area contributed by atoms with Crippen LogP contribution in [0.15, 0.2) is 67.3 Å². The van der Waals surface area contributed by atoms with Gasteiger partial charge in [0.1, 0.15) is 11.9 Å². The molecule has 1 aliphatic rings. The van der Waals surface area contributed by atoms with Crippen molar-refractivity contribution in [3.63, 3.8) is 0 Å². The van der Waals surface area contributed by atoms with Gasteiger partial charge in [-0.15, -0.1) is 0 Å².